The van der Waals surface area contributed by atoms with Crippen LogP contribution in [0.4, 0.5) is 8.78 Å². The molecule has 0 radical (unpaired) electrons. The van der Waals surface area contributed by atoms with Crippen LogP contribution in [-0.4, -0.2) is 88.1 Å². The lowest BCUT2D eigenvalue weighted by molar-refractivity contribution is -0.200. The first-order valence-electron chi connectivity index (χ1n) is 15.3. The van der Waals surface area contributed by atoms with Gasteiger partial charge in [0, 0.05) is 30.7 Å². The number of benzene rings is 3. The van der Waals surface area contributed by atoms with E-state index in [0.717, 1.165) is 54.1 Å². The Morgan fingerprint density at radius 3 is 2.51 bits per heavy atom. The number of ether oxygens (including phenoxy) is 3. The van der Waals surface area contributed by atoms with Crippen LogP contribution in [0.15, 0.2) is 66.7 Å². The highest BCUT2D eigenvalue weighted by molar-refractivity contribution is 7.99. The molecule has 8 nitrogen and oxygen atoms in total. The van der Waals surface area contributed by atoms with Crippen LogP contribution in [0.1, 0.15) is 47.3 Å². The molecule has 3 aliphatic heterocycles. The van der Waals surface area contributed by atoms with Crippen LogP contribution in [0.25, 0.3) is 0 Å². The Balaban J connectivity index is 1.01. The average molecular weight is 643 g/mol. The number of aliphatic hydroxyl groups is 3. The molecular formula is C34H40F2N2O6S. The molecule has 3 heterocycles. The van der Waals surface area contributed by atoms with E-state index in [-0.39, 0.29) is 17.7 Å². The molecule has 3 aromatic rings. The zero-order chi connectivity index (χ0) is 31.7. The van der Waals surface area contributed by atoms with Crippen molar-refractivity contribution < 1.29 is 38.3 Å². The Labute approximate surface area is 266 Å². The Morgan fingerprint density at radius 1 is 0.956 bits per heavy atom. The predicted molar refractivity (Wildman–Crippen MR) is 167 cm³/mol. The smallest absolute Gasteiger partial charge is 0.132 e. The Morgan fingerprint density at radius 2 is 1.76 bits per heavy atom. The number of thioether (sulfide) groups is 1. The summed E-state index contributed by atoms with van der Waals surface area (Å²) in [6, 6.07) is 18.7. The first-order chi connectivity index (χ1) is 21.7. The largest absolute Gasteiger partial charge is 0.489 e. The van der Waals surface area contributed by atoms with Crippen LogP contribution in [0.3, 0.4) is 0 Å². The molecule has 0 aromatic heterocycles. The topological polar surface area (TPSA) is 118 Å². The van der Waals surface area contributed by atoms with Gasteiger partial charge in [0.25, 0.3) is 0 Å². The molecule has 1 unspecified atom stereocenters. The van der Waals surface area contributed by atoms with Gasteiger partial charge in [0.1, 0.15) is 59.4 Å². The number of likely N-dealkylation sites (tertiary alicyclic amines) is 1. The molecule has 11 heteroatoms. The minimum atomic E-state index is -1.29. The van der Waals surface area contributed by atoms with Crippen LogP contribution < -0.4 is 10.5 Å². The summed E-state index contributed by atoms with van der Waals surface area (Å²) in [6.45, 7) is 1.96. The van der Waals surface area contributed by atoms with Crippen molar-refractivity contribution in [1.82, 2.24) is 4.90 Å². The van der Waals surface area contributed by atoms with Crippen LogP contribution in [0, 0.1) is 11.6 Å². The average Bonchev–Trinajstić information content (AvgIpc) is 3.51. The van der Waals surface area contributed by atoms with Crippen LogP contribution >= 0.6 is 11.8 Å². The minimum Gasteiger partial charge on any atom is -0.489 e. The summed E-state index contributed by atoms with van der Waals surface area (Å²) in [7, 11) is 0. The number of nitrogens with two attached hydrogens (primary N) is 1. The zero-order valence-corrected chi connectivity index (χ0v) is 25.9. The molecule has 45 heavy (non-hydrogen) atoms. The maximum absolute atomic E-state index is 14.3. The van der Waals surface area contributed by atoms with Gasteiger partial charge in [-0.2, -0.15) is 0 Å². The number of rotatable bonds is 8. The highest BCUT2D eigenvalue weighted by Gasteiger charge is 2.44. The number of aliphatic hydroxyl groups excluding tert-OH is 3. The molecule has 3 saturated heterocycles. The fourth-order valence-corrected chi connectivity index (χ4v) is 7.32. The van der Waals surface area contributed by atoms with Gasteiger partial charge in [-0.05, 0) is 72.5 Å². The van der Waals surface area contributed by atoms with Crippen LogP contribution in [0.2, 0.25) is 0 Å². The number of hydrogen-bond acceptors (Lipinski definition) is 9. The molecule has 0 bridgehead atoms. The van der Waals surface area contributed by atoms with Crippen molar-refractivity contribution in [2.24, 2.45) is 5.73 Å². The third-order valence-corrected chi connectivity index (χ3v) is 9.93. The van der Waals surface area contributed by atoms with Gasteiger partial charge in [0.2, 0.25) is 0 Å². The predicted octanol–water partition coefficient (Wildman–Crippen LogP) is 3.71. The minimum absolute atomic E-state index is 0.0167. The third-order valence-electron chi connectivity index (χ3n) is 9.07. The fraction of sp³-hybridized carbons (Fsp3) is 0.471. The zero-order valence-electron chi connectivity index (χ0n) is 25.0. The summed E-state index contributed by atoms with van der Waals surface area (Å²) in [6.07, 6.45) is -1.14. The second-order valence-corrected chi connectivity index (χ2v) is 13.1. The molecule has 3 aromatic carbocycles. The fourth-order valence-electron chi connectivity index (χ4n) is 6.65. The lowest BCUT2D eigenvalue weighted by atomic mass is 9.92. The summed E-state index contributed by atoms with van der Waals surface area (Å²) in [5, 5.41) is 31.1. The van der Waals surface area contributed by atoms with Gasteiger partial charge >= 0.3 is 0 Å². The van der Waals surface area contributed by atoms with E-state index in [1.807, 2.05) is 48.5 Å². The van der Waals surface area contributed by atoms with E-state index >= 15 is 0 Å². The number of nitrogens with zero attached hydrogens (tertiary/aromatic N) is 1. The molecule has 0 saturated carbocycles. The molecule has 9 atom stereocenters. The van der Waals surface area contributed by atoms with E-state index in [4.69, 9.17) is 19.9 Å². The van der Waals surface area contributed by atoms with E-state index in [2.05, 4.69) is 4.90 Å². The van der Waals surface area contributed by atoms with Crippen molar-refractivity contribution in [2.75, 3.05) is 26.0 Å². The molecule has 6 rings (SSSR count). The Kier molecular flexibility index (Phi) is 10.1. The molecule has 0 spiro atoms. The van der Waals surface area contributed by atoms with E-state index in [1.54, 1.807) is 6.26 Å². The number of hydrogen-bond donors (Lipinski definition) is 4. The van der Waals surface area contributed by atoms with Gasteiger partial charge in [0.05, 0.1) is 6.61 Å². The lowest BCUT2D eigenvalue weighted by Gasteiger charge is -2.40. The second kappa shape index (κ2) is 14.0. The standard InChI is InChI=1S/C34H40F2N2O6S/c1-45-34-31(41)29(39)30(40)32(44-34)21-4-2-3-20(14-21)13-19-5-8-24(9-6-19)43-25-11-12-38(17-25)23-16-28(37)33(42-18-23)26-15-22(35)7-10-27(26)36/h2-10,14-15,23,25,28-34,39-41H,11-13,16-18,37H2,1H3/t23-,25?,28+,29-,30-,31+,32+,33-,34-/m1/s1. The van der Waals surface area contributed by atoms with E-state index < -0.39 is 53.6 Å². The van der Waals surface area contributed by atoms with Crippen molar-refractivity contribution >= 4 is 11.8 Å². The maximum atomic E-state index is 14.3. The third kappa shape index (κ3) is 7.21. The van der Waals surface area contributed by atoms with E-state index in [1.165, 1.54) is 17.8 Å². The molecule has 3 fully saturated rings. The van der Waals surface area contributed by atoms with Gasteiger partial charge in [-0.25, -0.2) is 8.78 Å². The van der Waals surface area contributed by atoms with Gasteiger partial charge in [-0.3, -0.25) is 4.90 Å². The monoisotopic (exact) mass is 642 g/mol. The number of halogens is 2. The molecule has 3 aliphatic rings. The second-order valence-electron chi connectivity index (χ2n) is 12.2. The van der Waals surface area contributed by atoms with Gasteiger partial charge in [-0.1, -0.05) is 36.4 Å². The Bertz CT molecular complexity index is 1450. The van der Waals surface area contributed by atoms with Crippen molar-refractivity contribution in [3.63, 3.8) is 0 Å². The van der Waals surface area contributed by atoms with Crippen molar-refractivity contribution in [3.8, 4) is 5.75 Å². The van der Waals surface area contributed by atoms with Crippen LogP contribution in [-0.2, 0) is 15.9 Å². The maximum Gasteiger partial charge on any atom is 0.132 e. The summed E-state index contributed by atoms with van der Waals surface area (Å²) < 4.78 is 46.2. The first kappa shape index (κ1) is 32.3. The normalized spacial score (nSPS) is 32.5. The molecule has 0 aliphatic carbocycles. The van der Waals surface area contributed by atoms with Crippen molar-refractivity contribution in [1.29, 1.82) is 0 Å². The summed E-state index contributed by atoms with van der Waals surface area (Å²) in [5.41, 5.74) is 8.78. The SMILES string of the molecule is CS[C@H]1O[C@@H](c2cccc(Cc3ccc(OC4CCN([C@H]5CO[C@H](c6cc(F)ccc6F)[C@@H](N)C5)C4)cc3)c2)[C@H](O)[C@@H](O)[C@@H]1O. The van der Waals surface area contributed by atoms with Gasteiger partial charge < -0.3 is 35.3 Å². The highest BCUT2D eigenvalue weighted by Crippen LogP contribution is 2.36. The van der Waals surface area contributed by atoms with Gasteiger partial charge in [-0.15, -0.1) is 11.8 Å². The summed E-state index contributed by atoms with van der Waals surface area (Å²) in [4.78, 5) is 2.30. The summed E-state index contributed by atoms with van der Waals surface area (Å²) >= 11 is 1.29. The van der Waals surface area contributed by atoms with Crippen molar-refractivity contribution in [2.45, 2.75) is 73.4 Å². The first-order valence-corrected chi connectivity index (χ1v) is 16.6. The lowest BCUT2D eigenvalue weighted by Crippen LogP contribution is -2.52. The molecule has 242 valence electrons. The molecular weight excluding hydrogens is 602 g/mol. The highest BCUT2D eigenvalue weighted by atomic mass is 32.2. The van der Waals surface area contributed by atoms with E-state index in [0.29, 0.717) is 19.4 Å². The Hall–Kier alpha value is -2.61. The summed E-state index contributed by atoms with van der Waals surface area (Å²) in [5.74, 6) is -0.235. The van der Waals surface area contributed by atoms with Gasteiger partial charge in [0.15, 0.2) is 0 Å². The molecule has 5 N–H and O–H groups in total. The van der Waals surface area contributed by atoms with Crippen LogP contribution in [0.5, 0.6) is 5.75 Å². The quantitative estimate of drug-likeness (QED) is 0.292. The molecule has 0 amide bonds. The van der Waals surface area contributed by atoms with E-state index in [9.17, 15) is 24.1 Å². The van der Waals surface area contributed by atoms with Crippen molar-refractivity contribution in [3.05, 3.63) is 101 Å².